The van der Waals surface area contributed by atoms with E-state index in [1.54, 1.807) is 12.1 Å². The highest BCUT2D eigenvalue weighted by Gasteiger charge is 2.36. The number of hydrogen-bond donors (Lipinski definition) is 2. The minimum atomic E-state index is -4.81. The van der Waals surface area contributed by atoms with Crippen LogP contribution in [0.4, 0.5) is 24.7 Å². The van der Waals surface area contributed by atoms with Crippen LogP contribution in [-0.4, -0.2) is 64.0 Å². The van der Waals surface area contributed by atoms with Crippen molar-refractivity contribution in [3.8, 4) is 0 Å². The first kappa shape index (κ1) is 24.0. The number of alkyl halides is 3. The lowest BCUT2D eigenvalue weighted by Crippen LogP contribution is -2.44. The number of aromatic nitrogens is 1. The number of nitrogens with one attached hydrogen (secondary N) is 2. The molecule has 0 radical (unpaired) electrons. The van der Waals surface area contributed by atoms with Crippen molar-refractivity contribution in [1.82, 2.24) is 14.6 Å². The smallest absolute Gasteiger partial charge is 0.354 e. The number of rotatable bonds is 7. The molecule has 1 aromatic heterocycles. The lowest BCUT2D eigenvalue weighted by Gasteiger charge is -2.33. The van der Waals surface area contributed by atoms with E-state index in [1.807, 2.05) is 4.72 Å². The predicted molar refractivity (Wildman–Crippen MR) is 114 cm³/mol. The molecule has 1 amide bonds. The van der Waals surface area contributed by atoms with Crippen LogP contribution >= 0.6 is 0 Å². The summed E-state index contributed by atoms with van der Waals surface area (Å²) in [6.45, 7) is 3.22. The van der Waals surface area contributed by atoms with Gasteiger partial charge in [0.1, 0.15) is 5.82 Å². The van der Waals surface area contributed by atoms with Gasteiger partial charge in [-0.2, -0.15) is 13.2 Å². The molecule has 32 heavy (non-hydrogen) atoms. The number of carbonyl (C=O) groups is 1. The number of halogens is 3. The van der Waals surface area contributed by atoms with Crippen LogP contribution in [-0.2, 0) is 21.0 Å². The number of amides is 1. The molecular weight excluding hydrogens is 447 g/mol. The average molecular weight is 472 g/mol. The first-order valence-electron chi connectivity index (χ1n) is 9.91. The molecule has 0 bridgehead atoms. The Balaban J connectivity index is 1.52. The Morgan fingerprint density at radius 3 is 2.41 bits per heavy atom. The summed E-state index contributed by atoms with van der Waals surface area (Å²) in [5, 5.41) is 2.60. The van der Waals surface area contributed by atoms with E-state index in [2.05, 4.69) is 27.1 Å². The molecular formula is C20H24F3N5O3S. The Hall–Kier alpha value is -2.70. The Bertz CT molecular complexity index is 1040. The maximum absolute atomic E-state index is 13.1. The summed E-state index contributed by atoms with van der Waals surface area (Å²) in [5.41, 5.74) is -0.818. The molecule has 1 aromatic carbocycles. The van der Waals surface area contributed by atoms with E-state index in [0.717, 1.165) is 44.1 Å². The van der Waals surface area contributed by atoms with E-state index in [1.165, 1.54) is 12.3 Å². The fraction of sp³-hybridized carbons (Fsp3) is 0.400. The number of sulfonamides is 1. The molecule has 1 saturated heterocycles. The van der Waals surface area contributed by atoms with Crippen LogP contribution in [0.15, 0.2) is 47.5 Å². The van der Waals surface area contributed by atoms with E-state index >= 15 is 0 Å². The van der Waals surface area contributed by atoms with Crippen LogP contribution < -0.4 is 14.9 Å². The fourth-order valence-electron chi connectivity index (χ4n) is 3.22. The third-order valence-electron chi connectivity index (χ3n) is 4.99. The van der Waals surface area contributed by atoms with Gasteiger partial charge in [0, 0.05) is 39.1 Å². The monoisotopic (exact) mass is 471 g/mol. The van der Waals surface area contributed by atoms with Crippen LogP contribution in [0, 0.1) is 0 Å². The van der Waals surface area contributed by atoms with E-state index in [0.29, 0.717) is 11.8 Å². The minimum Gasteiger partial charge on any atom is -0.354 e. The van der Waals surface area contributed by atoms with Gasteiger partial charge in [0.25, 0.3) is 0 Å². The predicted octanol–water partition coefficient (Wildman–Crippen LogP) is 2.16. The SMILES string of the molecule is CN1CCN(c2ccc(NC(=O)CCNS(=O)(=O)c3ccccc3C(F)(F)F)cn2)CC1. The number of hydrogen-bond acceptors (Lipinski definition) is 6. The van der Waals surface area contributed by atoms with Gasteiger partial charge in [0.15, 0.2) is 0 Å². The topological polar surface area (TPSA) is 94.6 Å². The molecule has 174 valence electrons. The normalized spacial score (nSPS) is 15.6. The summed E-state index contributed by atoms with van der Waals surface area (Å²) < 4.78 is 65.8. The van der Waals surface area contributed by atoms with Gasteiger partial charge in [0.2, 0.25) is 15.9 Å². The number of anilines is 2. The molecule has 1 fully saturated rings. The summed E-state index contributed by atoms with van der Waals surface area (Å²) in [7, 11) is -2.38. The van der Waals surface area contributed by atoms with Gasteiger partial charge in [-0.15, -0.1) is 0 Å². The maximum atomic E-state index is 13.1. The van der Waals surface area contributed by atoms with E-state index < -0.39 is 32.6 Å². The van der Waals surface area contributed by atoms with Crippen LogP contribution in [0.2, 0.25) is 0 Å². The lowest BCUT2D eigenvalue weighted by atomic mass is 10.2. The first-order valence-corrected chi connectivity index (χ1v) is 11.4. The van der Waals surface area contributed by atoms with Gasteiger partial charge in [-0.1, -0.05) is 12.1 Å². The molecule has 0 aliphatic carbocycles. The van der Waals surface area contributed by atoms with Crippen molar-refractivity contribution in [2.45, 2.75) is 17.5 Å². The zero-order valence-corrected chi connectivity index (χ0v) is 18.2. The molecule has 1 aliphatic rings. The summed E-state index contributed by atoms with van der Waals surface area (Å²) in [5.74, 6) is 0.304. The molecule has 2 aromatic rings. The van der Waals surface area contributed by atoms with Crippen LogP contribution in [0.1, 0.15) is 12.0 Å². The maximum Gasteiger partial charge on any atom is 0.417 e. The zero-order chi connectivity index (χ0) is 23.4. The molecule has 2 heterocycles. The molecule has 1 aliphatic heterocycles. The van der Waals surface area contributed by atoms with Gasteiger partial charge in [-0.25, -0.2) is 18.1 Å². The van der Waals surface area contributed by atoms with Crippen LogP contribution in [0.3, 0.4) is 0 Å². The number of piperazine rings is 1. The largest absolute Gasteiger partial charge is 0.417 e. The summed E-state index contributed by atoms with van der Waals surface area (Å²) in [6.07, 6.45) is -3.56. The standard InChI is InChI=1S/C20H24F3N5O3S/c1-27-10-12-28(13-11-27)18-7-6-15(14-24-18)26-19(29)8-9-25-32(30,31)17-5-3-2-4-16(17)20(21,22)23/h2-7,14,25H,8-13H2,1H3,(H,26,29). The van der Waals surface area contributed by atoms with Gasteiger partial charge >= 0.3 is 6.18 Å². The second kappa shape index (κ2) is 9.84. The molecule has 12 heteroatoms. The average Bonchev–Trinajstić information content (AvgIpc) is 2.74. The van der Waals surface area contributed by atoms with Gasteiger partial charge in [0.05, 0.1) is 22.3 Å². The summed E-state index contributed by atoms with van der Waals surface area (Å²) in [4.78, 5) is 19.9. The van der Waals surface area contributed by atoms with E-state index in [9.17, 15) is 26.4 Å². The van der Waals surface area contributed by atoms with Crippen molar-refractivity contribution in [3.63, 3.8) is 0 Å². The summed E-state index contributed by atoms with van der Waals surface area (Å²) in [6, 6.07) is 7.37. The van der Waals surface area contributed by atoms with Gasteiger partial charge in [-0.3, -0.25) is 4.79 Å². The molecule has 8 nitrogen and oxygen atoms in total. The number of pyridine rings is 1. The summed E-state index contributed by atoms with van der Waals surface area (Å²) >= 11 is 0. The third-order valence-corrected chi connectivity index (χ3v) is 6.50. The van der Waals surface area contributed by atoms with Gasteiger partial charge < -0.3 is 15.1 Å². The lowest BCUT2D eigenvalue weighted by molar-refractivity contribution is -0.139. The highest BCUT2D eigenvalue weighted by atomic mass is 32.2. The molecule has 0 atom stereocenters. The first-order chi connectivity index (χ1) is 15.1. The number of carbonyl (C=O) groups excluding carboxylic acids is 1. The Morgan fingerprint density at radius 2 is 1.78 bits per heavy atom. The second-order valence-electron chi connectivity index (χ2n) is 7.39. The van der Waals surface area contributed by atoms with Crippen LogP contribution in [0.5, 0.6) is 0 Å². The minimum absolute atomic E-state index is 0.256. The third kappa shape index (κ3) is 6.17. The van der Waals surface area contributed by atoms with Gasteiger partial charge in [-0.05, 0) is 31.3 Å². The Morgan fingerprint density at radius 1 is 1.09 bits per heavy atom. The Kier molecular flexibility index (Phi) is 7.36. The van der Waals surface area contributed by atoms with Crippen molar-refractivity contribution in [2.75, 3.05) is 50.0 Å². The van der Waals surface area contributed by atoms with Crippen LogP contribution in [0.25, 0.3) is 0 Å². The highest BCUT2D eigenvalue weighted by molar-refractivity contribution is 7.89. The van der Waals surface area contributed by atoms with Crippen molar-refractivity contribution >= 4 is 27.4 Å². The molecule has 0 saturated carbocycles. The number of benzene rings is 1. The number of nitrogens with zero attached hydrogens (tertiary/aromatic N) is 3. The molecule has 0 unspecified atom stereocenters. The number of likely N-dealkylation sites (N-methyl/N-ethyl adjacent to an activating group) is 1. The Labute approximate surface area is 184 Å². The van der Waals surface area contributed by atoms with Crippen molar-refractivity contribution in [2.24, 2.45) is 0 Å². The molecule has 0 spiro atoms. The van der Waals surface area contributed by atoms with Crippen molar-refractivity contribution in [1.29, 1.82) is 0 Å². The molecule has 3 rings (SSSR count). The quantitative estimate of drug-likeness (QED) is 0.643. The highest BCUT2D eigenvalue weighted by Crippen LogP contribution is 2.33. The fourth-order valence-corrected chi connectivity index (χ4v) is 4.48. The van der Waals surface area contributed by atoms with E-state index in [4.69, 9.17) is 0 Å². The second-order valence-corrected chi connectivity index (χ2v) is 9.12. The molecule has 2 N–H and O–H groups in total. The van der Waals surface area contributed by atoms with Crippen molar-refractivity contribution < 1.29 is 26.4 Å². The van der Waals surface area contributed by atoms with E-state index in [-0.39, 0.29) is 13.0 Å². The zero-order valence-electron chi connectivity index (χ0n) is 17.4. The van der Waals surface area contributed by atoms with Crippen molar-refractivity contribution in [3.05, 3.63) is 48.2 Å².